The number of tetrazole rings is 1. The smallest absolute Gasteiger partial charge is 0.335 e. The van der Waals surface area contributed by atoms with Gasteiger partial charge in [-0.25, -0.2) is 14.2 Å². The average molecular weight is 556 g/mol. The first-order valence-electron chi connectivity index (χ1n) is 12.1. The number of aromatic nitrogens is 7. The van der Waals surface area contributed by atoms with Crippen LogP contribution in [0.15, 0.2) is 96.4 Å². The molecular formula is C28H19ClFN7O3. The molecule has 6 rings (SSSR count). The number of imidazole rings is 1. The molecule has 0 spiro atoms. The highest BCUT2D eigenvalue weighted by atomic mass is 35.5. The van der Waals surface area contributed by atoms with Crippen molar-refractivity contribution in [3.63, 3.8) is 0 Å². The van der Waals surface area contributed by atoms with E-state index in [4.69, 9.17) is 11.6 Å². The van der Waals surface area contributed by atoms with Crippen molar-refractivity contribution in [2.75, 3.05) is 0 Å². The van der Waals surface area contributed by atoms with Gasteiger partial charge >= 0.3 is 5.97 Å². The Kier molecular flexibility index (Phi) is 6.40. The quantitative estimate of drug-likeness (QED) is 0.305. The Balaban J connectivity index is 1.51. The van der Waals surface area contributed by atoms with Gasteiger partial charge in [-0.05, 0) is 52.4 Å². The minimum atomic E-state index is -1.08. The number of fused-ring (bicyclic) bond motifs is 1. The molecular weight excluding hydrogens is 537 g/mol. The standard InChI is InChI=1S/C28H19ClFN7O3/c29-19-7-9-24(37-16-32-33-34-37)21(12-19)20-13-27(38)35(14-22(20)30)26(10-17-4-2-1-3-5-17)36-15-31-23-11-18(28(39)40)6-8-25(23)36/h1-9,11-16,26H,10H2,(H,39,40). The molecule has 1 N–H and O–H groups in total. The molecule has 3 aromatic carbocycles. The van der Waals surface area contributed by atoms with Gasteiger partial charge in [0.1, 0.15) is 18.3 Å². The summed E-state index contributed by atoms with van der Waals surface area (Å²) in [6.07, 6.45) is 3.67. The number of carboxylic acid groups (broad SMARTS) is 1. The number of benzene rings is 3. The van der Waals surface area contributed by atoms with E-state index in [0.717, 1.165) is 11.8 Å². The maximum absolute atomic E-state index is 15.9. The van der Waals surface area contributed by atoms with Gasteiger partial charge in [-0.1, -0.05) is 41.9 Å². The van der Waals surface area contributed by atoms with Crippen molar-refractivity contribution in [1.82, 2.24) is 34.3 Å². The fourth-order valence-electron chi connectivity index (χ4n) is 4.71. The lowest BCUT2D eigenvalue weighted by atomic mass is 10.0. The summed E-state index contributed by atoms with van der Waals surface area (Å²) >= 11 is 6.23. The highest BCUT2D eigenvalue weighted by molar-refractivity contribution is 6.31. The lowest BCUT2D eigenvalue weighted by Gasteiger charge is -2.23. The van der Waals surface area contributed by atoms with Crippen LogP contribution in [0.4, 0.5) is 4.39 Å². The van der Waals surface area contributed by atoms with E-state index in [1.807, 2.05) is 30.3 Å². The zero-order chi connectivity index (χ0) is 27.8. The van der Waals surface area contributed by atoms with Crippen molar-refractivity contribution in [1.29, 1.82) is 0 Å². The van der Waals surface area contributed by atoms with Crippen molar-refractivity contribution in [2.45, 2.75) is 12.6 Å². The second-order valence-corrected chi connectivity index (χ2v) is 9.46. The Labute approximate surface area is 230 Å². The van der Waals surface area contributed by atoms with Gasteiger partial charge in [-0.3, -0.25) is 9.36 Å². The molecule has 3 heterocycles. The SMILES string of the molecule is O=C(O)c1ccc2c(c1)ncn2C(Cc1ccccc1)n1cc(F)c(-c2cc(Cl)ccc2-n2cnnn2)cc1=O. The van der Waals surface area contributed by atoms with Gasteiger partial charge in [0.25, 0.3) is 5.56 Å². The first kappa shape index (κ1) is 25.1. The summed E-state index contributed by atoms with van der Waals surface area (Å²) in [5.41, 5.74) is 2.38. The van der Waals surface area contributed by atoms with E-state index in [1.54, 1.807) is 28.8 Å². The lowest BCUT2D eigenvalue weighted by molar-refractivity contribution is 0.0697. The van der Waals surface area contributed by atoms with Gasteiger partial charge in [0.05, 0.1) is 28.6 Å². The summed E-state index contributed by atoms with van der Waals surface area (Å²) in [5, 5.41) is 20.9. The van der Waals surface area contributed by atoms with Crippen LogP contribution < -0.4 is 5.56 Å². The molecule has 0 saturated heterocycles. The summed E-state index contributed by atoms with van der Waals surface area (Å²) < 4.78 is 20.3. The van der Waals surface area contributed by atoms with E-state index in [-0.39, 0.29) is 11.1 Å². The molecule has 0 saturated carbocycles. The number of rotatable bonds is 7. The maximum atomic E-state index is 15.9. The van der Waals surface area contributed by atoms with Crippen LogP contribution >= 0.6 is 11.6 Å². The van der Waals surface area contributed by atoms with E-state index in [1.165, 1.54) is 40.1 Å². The minimum Gasteiger partial charge on any atom is -0.478 e. The van der Waals surface area contributed by atoms with Crippen molar-refractivity contribution < 1.29 is 14.3 Å². The highest BCUT2D eigenvalue weighted by Crippen LogP contribution is 2.31. The van der Waals surface area contributed by atoms with Crippen LogP contribution in [0.25, 0.3) is 27.8 Å². The predicted molar refractivity (Wildman–Crippen MR) is 145 cm³/mol. The van der Waals surface area contributed by atoms with Crippen LogP contribution in [0.5, 0.6) is 0 Å². The van der Waals surface area contributed by atoms with E-state index < -0.39 is 23.5 Å². The molecule has 0 radical (unpaired) electrons. The van der Waals surface area contributed by atoms with Gasteiger partial charge in [0.2, 0.25) is 0 Å². The van der Waals surface area contributed by atoms with Crippen molar-refractivity contribution in [2.24, 2.45) is 0 Å². The summed E-state index contributed by atoms with van der Waals surface area (Å²) in [6, 6.07) is 20.0. The van der Waals surface area contributed by atoms with Gasteiger partial charge in [-0.15, -0.1) is 5.10 Å². The molecule has 40 heavy (non-hydrogen) atoms. The number of carboxylic acids is 1. The number of pyridine rings is 1. The molecule has 0 fully saturated rings. The molecule has 0 bridgehead atoms. The molecule has 0 aliphatic carbocycles. The van der Waals surface area contributed by atoms with E-state index in [2.05, 4.69) is 20.5 Å². The van der Waals surface area contributed by atoms with Crippen LogP contribution in [-0.2, 0) is 6.42 Å². The molecule has 198 valence electrons. The second-order valence-electron chi connectivity index (χ2n) is 9.03. The van der Waals surface area contributed by atoms with Crippen LogP contribution in [0.3, 0.4) is 0 Å². The van der Waals surface area contributed by atoms with Gasteiger partial charge in [-0.2, -0.15) is 4.68 Å². The van der Waals surface area contributed by atoms with Crippen LogP contribution in [0.2, 0.25) is 5.02 Å². The molecule has 6 aromatic rings. The Bertz CT molecular complexity index is 1920. The number of aromatic carboxylic acids is 1. The average Bonchev–Trinajstić information content (AvgIpc) is 3.64. The summed E-state index contributed by atoms with van der Waals surface area (Å²) in [4.78, 5) is 29.5. The Morgan fingerprint density at radius 2 is 1.80 bits per heavy atom. The normalized spacial score (nSPS) is 12.1. The lowest BCUT2D eigenvalue weighted by Crippen LogP contribution is -2.30. The molecule has 1 unspecified atom stereocenters. The van der Waals surface area contributed by atoms with Crippen molar-refractivity contribution in [3.05, 3.63) is 124 Å². The van der Waals surface area contributed by atoms with Crippen LogP contribution in [0, 0.1) is 5.82 Å². The van der Waals surface area contributed by atoms with E-state index >= 15 is 4.39 Å². The first-order chi connectivity index (χ1) is 19.4. The molecule has 0 aliphatic heterocycles. The number of carbonyl (C=O) groups is 1. The maximum Gasteiger partial charge on any atom is 0.335 e. The topological polar surface area (TPSA) is 121 Å². The minimum absolute atomic E-state index is 0.0364. The van der Waals surface area contributed by atoms with E-state index in [0.29, 0.717) is 33.7 Å². The number of halogens is 2. The third-order valence-electron chi connectivity index (χ3n) is 6.60. The van der Waals surface area contributed by atoms with E-state index in [9.17, 15) is 14.7 Å². The Morgan fingerprint density at radius 3 is 2.55 bits per heavy atom. The zero-order valence-electron chi connectivity index (χ0n) is 20.6. The highest BCUT2D eigenvalue weighted by Gasteiger charge is 2.22. The molecule has 12 heteroatoms. The summed E-state index contributed by atoms with van der Waals surface area (Å²) in [7, 11) is 0. The molecule has 10 nitrogen and oxygen atoms in total. The summed E-state index contributed by atoms with van der Waals surface area (Å²) in [5.74, 6) is -1.74. The summed E-state index contributed by atoms with van der Waals surface area (Å²) in [6.45, 7) is 0. The van der Waals surface area contributed by atoms with Crippen LogP contribution in [0.1, 0.15) is 22.1 Å². The third-order valence-corrected chi connectivity index (χ3v) is 6.84. The van der Waals surface area contributed by atoms with Gasteiger partial charge in [0, 0.05) is 34.8 Å². The van der Waals surface area contributed by atoms with Gasteiger partial charge in [0.15, 0.2) is 0 Å². The Hall–Kier alpha value is -5.16. The third kappa shape index (κ3) is 4.63. The number of hydrogen-bond acceptors (Lipinski definition) is 6. The second kappa shape index (κ2) is 10.2. The molecule has 0 amide bonds. The molecule has 0 aliphatic rings. The fourth-order valence-corrected chi connectivity index (χ4v) is 4.89. The van der Waals surface area contributed by atoms with Crippen molar-refractivity contribution in [3.8, 4) is 16.8 Å². The first-order valence-corrected chi connectivity index (χ1v) is 12.5. The zero-order valence-corrected chi connectivity index (χ0v) is 21.4. The predicted octanol–water partition coefficient (Wildman–Crippen LogP) is 4.62. The monoisotopic (exact) mass is 555 g/mol. The van der Waals surface area contributed by atoms with Crippen molar-refractivity contribution >= 4 is 28.6 Å². The fraction of sp³-hybridized carbons (Fsp3) is 0.0714. The largest absolute Gasteiger partial charge is 0.478 e. The van der Waals surface area contributed by atoms with Gasteiger partial charge < -0.3 is 9.67 Å². The molecule has 1 atom stereocenters. The Morgan fingerprint density at radius 1 is 0.975 bits per heavy atom. The number of nitrogens with zero attached hydrogens (tertiary/aromatic N) is 7. The van der Waals surface area contributed by atoms with Crippen LogP contribution in [-0.4, -0.2) is 45.4 Å². The molecule has 3 aromatic heterocycles. The number of hydrogen-bond donors (Lipinski definition) is 1.